The largest absolute Gasteiger partial charge is 0.368 e. The highest BCUT2D eigenvalue weighted by Gasteiger charge is 2.13. The van der Waals surface area contributed by atoms with Crippen molar-refractivity contribution in [3.8, 4) is 0 Å². The summed E-state index contributed by atoms with van der Waals surface area (Å²) in [6.45, 7) is 2.52. The fraction of sp³-hybridized carbons (Fsp3) is 0.250. The quantitative estimate of drug-likeness (QED) is 0.913. The first-order chi connectivity index (χ1) is 9.20. The molecule has 0 amide bonds. The van der Waals surface area contributed by atoms with Crippen LogP contribution in [0.2, 0.25) is 0 Å². The Morgan fingerprint density at radius 3 is 2.79 bits per heavy atom. The van der Waals surface area contributed by atoms with Crippen molar-refractivity contribution >= 4 is 17.6 Å². The third kappa shape index (κ3) is 3.60. The summed E-state index contributed by atoms with van der Waals surface area (Å²) >= 11 is 1.00. The lowest BCUT2D eigenvalue weighted by Gasteiger charge is -2.08. The number of rotatable bonds is 5. The van der Waals surface area contributed by atoms with E-state index in [0.717, 1.165) is 24.2 Å². The monoisotopic (exact) mass is 282 g/mol. The number of nitrogens with zero attached hydrogens (tertiary/aromatic N) is 3. The lowest BCUT2D eigenvalue weighted by atomic mass is 10.4. The van der Waals surface area contributed by atoms with Crippen molar-refractivity contribution in [1.29, 1.82) is 0 Å². The highest BCUT2D eigenvalue weighted by molar-refractivity contribution is 7.99. The summed E-state index contributed by atoms with van der Waals surface area (Å²) in [5.74, 6) is -1.36. The topological polar surface area (TPSA) is 50.7 Å². The van der Waals surface area contributed by atoms with Crippen LogP contribution in [-0.4, -0.2) is 21.5 Å². The van der Waals surface area contributed by atoms with Gasteiger partial charge < -0.3 is 5.32 Å². The molecule has 0 radical (unpaired) electrons. The minimum Gasteiger partial charge on any atom is -0.368 e. The van der Waals surface area contributed by atoms with Gasteiger partial charge in [-0.3, -0.25) is 4.98 Å². The SMILES string of the molecule is CCCNc1nc(Sc2cnccn2)c(F)cc1F. The van der Waals surface area contributed by atoms with Crippen molar-refractivity contribution in [2.24, 2.45) is 0 Å². The van der Waals surface area contributed by atoms with Gasteiger partial charge in [0, 0.05) is 25.0 Å². The second-order valence-corrected chi connectivity index (χ2v) is 4.69. The predicted octanol–water partition coefficient (Wildman–Crippen LogP) is 3.12. The van der Waals surface area contributed by atoms with Gasteiger partial charge in [-0.1, -0.05) is 6.92 Å². The fourth-order valence-electron chi connectivity index (χ4n) is 1.33. The summed E-state index contributed by atoms with van der Waals surface area (Å²) in [4.78, 5) is 11.8. The predicted molar refractivity (Wildman–Crippen MR) is 69.1 cm³/mol. The van der Waals surface area contributed by atoms with E-state index in [1.807, 2.05) is 6.92 Å². The maximum Gasteiger partial charge on any atom is 0.168 e. The summed E-state index contributed by atoms with van der Waals surface area (Å²) in [6, 6.07) is 0.823. The van der Waals surface area contributed by atoms with Crippen LogP contribution < -0.4 is 5.32 Å². The smallest absolute Gasteiger partial charge is 0.168 e. The maximum absolute atomic E-state index is 13.6. The summed E-state index contributed by atoms with van der Waals surface area (Å²) < 4.78 is 27.1. The number of aromatic nitrogens is 3. The number of halogens is 2. The van der Waals surface area contributed by atoms with E-state index in [1.165, 1.54) is 18.6 Å². The number of anilines is 1. The van der Waals surface area contributed by atoms with E-state index in [2.05, 4.69) is 20.3 Å². The Balaban J connectivity index is 2.24. The molecule has 0 aliphatic rings. The number of hydrogen-bond acceptors (Lipinski definition) is 5. The first-order valence-electron chi connectivity index (χ1n) is 5.74. The minimum absolute atomic E-state index is 0.0506. The van der Waals surface area contributed by atoms with Crippen molar-refractivity contribution in [3.05, 3.63) is 36.3 Å². The lowest BCUT2D eigenvalue weighted by molar-refractivity contribution is 0.550. The molecule has 100 valence electrons. The molecule has 0 aliphatic heterocycles. The molecule has 2 heterocycles. The van der Waals surface area contributed by atoms with Crippen LogP contribution in [0.4, 0.5) is 14.6 Å². The standard InChI is InChI=1S/C12H12F2N4S/c1-2-3-17-11-8(13)6-9(14)12(18-11)19-10-7-15-4-5-16-10/h4-7H,2-3H2,1H3,(H,17,18). The Morgan fingerprint density at radius 2 is 2.11 bits per heavy atom. The van der Waals surface area contributed by atoms with Crippen molar-refractivity contribution in [3.63, 3.8) is 0 Å². The second kappa shape index (κ2) is 6.42. The number of nitrogens with one attached hydrogen (secondary N) is 1. The molecule has 19 heavy (non-hydrogen) atoms. The van der Waals surface area contributed by atoms with Crippen LogP contribution in [0.3, 0.4) is 0 Å². The molecule has 2 rings (SSSR count). The molecule has 1 N–H and O–H groups in total. The first-order valence-corrected chi connectivity index (χ1v) is 6.56. The summed E-state index contributed by atoms with van der Waals surface area (Å²) in [5, 5.41) is 3.39. The molecule has 0 aromatic carbocycles. The van der Waals surface area contributed by atoms with Gasteiger partial charge in [-0.15, -0.1) is 0 Å². The van der Waals surface area contributed by atoms with Gasteiger partial charge in [0.1, 0.15) is 10.1 Å². The fourth-order valence-corrected chi connectivity index (χ4v) is 2.04. The summed E-state index contributed by atoms with van der Waals surface area (Å²) in [5.41, 5.74) is 0. The molecule has 0 spiro atoms. The van der Waals surface area contributed by atoms with Crippen LogP contribution in [-0.2, 0) is 0 Å². The van der Waals surface area contributed by atoms with Crippen LogP contribution in [0, 0.1) is 11.6 Å². The van der Waals surface area contributed by atoms with E-state index in [4.69, 9.17) is 0 Å². The van der Waals surface area contributed by atoms with E-state index in [9.17, 15) is 8.78 Å². The maximum atomic E-state index is 13.6. The van der Waals surface area contributed by atoms with Gasteiger partial charge >= 0.3 is 0 Å². The van der Waals surface area contributed by atoms with Gasteiger partial charge in [0.05, 0.1) is 6.20 Å². The van der Waals surface area contributed by atoms with E-state index in [0.29, 0.717) is 11.6 Å². The molecule has 0 fully saturated rings. The van der Waals surface area contributed by atoms with Crippen molar-refractivity contribution in [2.45, 2.75) is 23.4 Å². The average Bonchev–Trinajstić information content (AvgIpc) is 2.42. The zero-order valence-corrected chi connectivity index (χ0v) is 11.0. The van der Waals surface area contributed by atoms with Crippen LogP contribution in [0.1, 0.15) is 13.3 Å². The molecular formula is C12H12F2N4S. The van der Waals surface area contributed by atoms with Crippen LogP contribution in [0.15, 0.2) is 34.7 Å². The van der Waals surface area contributed by atoms with E-state index in [-0.39, 0.29) is 10.8 Å². The molecular weight excluding hydrogens is 270 g/mol. The summed E-state index contributed by atoms with van der Waals surface area (Å²) in [6.07, 6.45) is 5.34. The first kappa shape index (κ1) is 13.7. The van der Waals surface area contributed by atoms with Gasteiger partial charge in [0.15, 0.2) is 17.5 Å². The lowest BCUT2D eigenvalue weighted by Crippen LogP contribution is -2.06. The zero-order valence-electron chi connectivity index (χ0n) is 10.2. The average molecular weight is 282 g/mol. The molecule has 0 unspecified atom stereocenters. The third-order valence-corrected chi connectivity index (χ3v) is 3.08. The number of pyridine rings is 1. The highest BCUT2D eigenvalue weighted by atomic mass is 32.2. The zero-order chi connectivity index (χ0) is 13.7. The summed E-state index contributed by atoms with van der Waals surface area (Å²) in [7, 11) is 0. The van der Waals surface area contributed by atoms with Crippen LogP contribution in [0.25, 0.3) is 0 Å². The van der Waals surface area contributed by atoms with Gasteiger partial charge in [0.2, 0.25) is 0 Å². The Kier molecular flexibility index (Phi) is 4.62. The van der Waals surface area contributed by atoms with E-state index >= 15 is 0 Å². The van der Waals surface area contributed by atoms with Crippen LogP contribution >= 0.6 is 11.8 Å². The van der Waals surface area contributed by atoms with Gasteiger partial charge in [-0.25, -0.2) is 18.7 Å². The molecule has 0 saturated carbocycles. The normalized spacial score (nSPS) is 10.5. The Labute approximate surface area is 113 Å². The molecule has 0 aliphatic carbocycles. The third-order valence-electron chi connectivity index (χ3n) is 2.18. The Morgan fingerprint density at radius 1 is 1.26 bits per heavy atom. The molecule has 2 aromatic heterocycles. The molecule has 0 saturated heterocycles. The molecule has 0 bridgehead atoms. The van der Waals surface area contributed by atoms with Gasteiger partial charge in [-0.05, 0) is 18.2 Å². The minimum atomic E-state index is -0.713. The van der Waals surface area contributed by atoms with Gasteiger partial charge in [0.25, 0.3) is 0 Å². The van der Waals surface area contributed by atoms with Crippen LogP contribution in [0.5, 0.6) is 0 Å². The molecule has 4 nitrogen and oxygen atoms in total. The van der Waals surface area contributed by atoms with E-state index in [1.54, 1.807) is 0 Å². The Bertz CT molecular complexity index is 551. The van der Waals surface area contributed by atoms with Crippen molar-refractivity contribution < 1.29 is 8.78 Å². The number of hydrogen-bond donors (Lipinski definition) is 1. The molecule has 2 aromatic rings. The Hall–Kier alpha value is -1.76. The van der Waals surface area contributed by atoms with Gasteiger partial charge in [-0.2, -0.15) is 0 Å². The molecule has 7 heteroatoms. The second-order valence-electron chi connectivity index (χ2n) is 3.68. The van der Waals surface area contributed by atoms with Crippen molar-refractivity contribution in [2.75, 3.05) is 11.9 Å². The molecule has 0 atom stereocenters. The van der Waals surface area contributed by atoms with Crippen molar-refractivity contribution in [1.82, 2.24) is 15.0 Å². The van der Waals surface area contributed by atoms with E-state index < -0.39 is 11.6 Å². The highest BCUT2D eigenvalue weighted by Crippen LogP contribution is 2.28.